The summed E-state index contributed by atoms with van der Waals surface area (Å²) >= 11 is 0. The Balaban J connectivity index is 1.70. The highest BCUT2D eigenvalue weighted by Gasteiger charge is 2.10. The largest absolute Gasteiger partial charge is 0.489 e. The van der Waals surface area contributed by atoms with Crippen molar-refractivity contribution in [3.63, 3.8) is 0 Å². The number of ether oxygens (including phenoxy) is 1. The van der Waals surface area contributed by atoms with Gasteiger partial charge in [-0.25, -0.2) is 4.39 Å². The van der Waals surface area contributed by atoms with Gasteiger partial charge in [0.2, 0.25) is 5.91 Å². The summed E-state index contributed by atoms with van der Waals surface area (Å²) in [6, 6.07) is 14.4. The number of nitrogens with one attached hydrogen (secondary N) is 2. The van der Waals surface area contributed by atoms with Crippen molar-refractivity contribution in [2.24, 2.45) is 0 Å². The van der Waals surface area contributed by atoms with Crippen LogP contribution in [0.2, 0.25) is 0 Å². The normalized spacial score (nSPS) is 11.4. The van der Waals surface area contributed by atoms with Crippen molar-refractivity contribution < 1.29 is 18.7 Å². The minimum atomic E-state index is -0.382. The lowest BCUT2D eigenvalue weighted by Gasteiger charge is -2.15. The smallest absolute Gasteiger partial charge is 0.251 e. The number of hydrogen-bond donors (Lipinski definition) is 2. The predicted molar refractivity (Wildman–Crippen MR) is 88.3 cm³/mol. The van der Waals surface area contributed by atoms with E-state index in [2.05, 4.69) is 10.6 Å². The van der Waals surface area contributed by atoms with Gasteiger partial charge in [0.05, 0.1) is 13.1 Å². The number of benzene rings is 2. The summed E-state index contributed by atoms with van der Waals surface area (Å²) < 4.78 is 18.6. The number of halogens is 1. The molecule has 2 amide bonds. The zero-order chi connectivity index (χ0) is 17.4. The number of carbonyl (C=O) groups excluding carboxylic acids is 2. The molecule has 2 rings (SSSR count). The molecule has 0 spiro atoms. The second-order valence-corrected chi connectivity index (χ2v) is 5.24. The molecule has 0 bridgehead atoms. The van der Waals surface area contributed by atoms with Crippen LogP contribution in [0.15, 0.2) is 54.6 Å². The van der Waals surface area contributed by atoms with Crippen molar-refractivity contribution in [2.45, 2.75) is 13.0 Å². The van der Waals surface area contributed by atoms with E-state index in [1.165, 1.54) is 12.1 Å². The predicted octanol–water partition coefficient (Wildman–Crippen LogP) is 2.14. The van der Waals surface area contributed by atoms with E-state index in [-0.39, 0.29) is 36.8 Å². The zero-order valence-corrected chi connectivity index (χ0v) is 13.3. The molecule has 24 heavy (non-hydrogen) atoms. The molecule has 126 valence electrons. The third-order valence-corrected chi connectivity index (χ3v) is 3.17. The van der Waals surface area contributed by atoms with E-state index in [4.69, 9.17) is 4.74 Å². The van der Waals surface area contributed by atoms with Crippen molar-refractivity contribution in [3.05, 3.63) is 66.0 Å². The second kappa shape index (κ2) is 8.67. The van der Waals surface area contributed by atoms with Gasteiger partial charge in [-0.1, -0.05) is 24.3 Å². The average Bonchev–Trinajstić information content (AvgIpc) is 2.58. The van der Waals surface area contributed by atoms with E-state index in [0.29, 0.717) is 11.3 Å². The molecule has 0 saturated heterocycles. The topological polar surface area (TPSA) is 67.4 Å². The van der Waals surface area contributed by atoms with Crippen molar-refractivity contribution in [3.8, 4) is 5.75 Å². The summed E-state index contributed by atoms with van der Waals surface area (Å²) in [6.45, 7) is 1.88. The first-order valence-corrected chi connectivity index (χ1v) is 7.57. The number of carbonyl (C=O) groups is 2. The quantitative estimate of drug-likeness (QED) is 0.817. The average molecular weight is 330 g/mol. The van der Waals surface area contributed by atoms with Crippen molar-refractivity contribution in [2.75, 3.05) is 13.1 Å². The van der Waals surface area contributed by atoms with Gasteiger partial charge in [-0.3, -0.25) is 9.59 Å². The van der Waals surface area contributed by atoms with Crippen LogP contribution < -0.4 is 15.4 Å². The molecule has 6 heteroatoms. The van der Waals surface area contributed by atoms with Crippen molar-refractivity contribution in [1.29, 1.82) is 0 Å². The highest BCUT2D eigenvalue weighted by atomic mass is 19.1. The minimum absolute atomic E-state index is 0.125. The van der Waals surface area contributed by atoms with Crippen molar-refractivity contribution in [1.82, 2.24) is 10.6 Å². The summed E-state index contributed by atoms with van der Waals surface area (Å²) in [6.07, 6.45) is -0.333. The lowest BCUT2D eigenvalue weighted by atomic mass is 10.2. The molecule has 0 saturated carbocycles. The standard InChI is InChI=1S/C18H19FN2O3/c1-13(24-16-9-5-8-15(19)10-16)11-20-17(22)12-21-18(23)14-6-3-2-4-7-14/h2-10,13H,11-12H2,1H3,(H,20,22)(H,21,23)/t13-/m1/s1. The Morgan fingerprint density at radius 2 is 1.83 bits per heavy atom. The molecule has 2 N–H and O–H groups in total. The summed E-state index contributed by atoms with van der Waals surface area (Å²) in [5.74, 6) is -0.620. The minimum Gasteiger partial charge on any atom is -0.489 e. The molecule has 0 heterocycles. The van der Waals surface area contributed by atoms with Crippen LogP contribution in [-0.4, -0.2) is 31.0 Å². The van der Waals surface area contributed by atoms with Gasteiger partial charge in [0.15, 0.2) is 0 Å². The SMILES string of the molecule is C[C@H](CNC(=O)CNC(=O)c1ccccc1)Oc1cccc(F)c1. The van der Waals surface area contributed by atoms with Crippen LogP contribution in [-0.2, 0) is 4.79 Å². The summed E-state index contributed by atoms with van der Waals surface area (Å²) in [5.41, 5.74) is 0.494. The molecule has 0 aliphatic heterocycles. The maximum absolute atomic E-state index is 13.1. The molecule has 5 nitrogen and oxygen atoms in total. The van der Waals surface area contributed by atoms with Gasteiger partial charge in [0, 0.05) is 11.6 Å². The third-order valence-electron chi connectivity index (χ3n) is 3.17. The van der Waals surface area contributed by atoms with Crippen LogP contribution in [0.5, 0.6) is 5.75 Å². The molecule has 2 aromatic carbocycles. The van der Waals surface area contributed by atoms with Gasteiger partial charge < -0.3 is 15.4 Å². The fraction of sp³-hybridized carbons (Fsp3) is 0.222. The first kappa shape index (κ1) is 17.5. The fourth-order valence-electron chi connectivity index (χ4n) is 1.99. The Morgan fingerprint density at radius 3 is 2.54 bits per heavy atom. The van der Waals surface area contributed by atoms with E-state index >= 15 is 0 Å². The van der Waals surface area contributed by atoms with Gasteiger partial charge >= 0.3 is 0 Å². The maximum Gasteiger partial charge on any atom is 0.251 e. The maximum atomic E-state index is 13.1. The van der Waals surface area contributed by atoms with Gasteiger partial charge in [0.1, 0.15) is 17.7 Å². The van der Waals surface area contributed by atoms with Crippen LogP contribution in [0.3, 0.4) is 0 Å². The molecule has 0 fully saturated rings. The first-order chi connectivity index (χ1) is 11.5. The molecule has 0 aromatic heterocycles. The van der Waals surface area contributed by atoms with Crippen LogP contribution in [0, 0.1) is 5.82 Å². The molecule has 2 aromatic rings. The zero-order valence-electron chi connectivity index (χ0n) is 13.3. The summed E-state index contributed by atoms with van der Waals surface area (Å²) in [4.78, 5) is 23.6. The van der Waals surface area contributed by atoms with E-state index in [9.17, 15) is 14.0 Å². The third kappa shape index (κ3) is 5.72. The van der Waals surface area contributed by atoms with Crippen molar-refractivity contribution >= 4 is 11.8 Å². The number of rotatable bonds is 7. The monoisotopic (exact) mass is 330 g/mol. The lowest BCUT2D eigenvalue weighted by Crippen LogP contribution is -2.40. The van der Waals surface area contributed by atoms with Crippen LogP contribution in [0.1, 0.15) is 17.3 Å². The van der Waals surface area contributed by atoms with Gasteiger partial charge in [-0.15, -0.1) is 0 Å². The Morgan fingerprint density at radius 1 is 1.08 bits per heavy atom. The fourth-order valence-corrected chi connectivity index (χ4v) is 1.99. The summed E-state index contributed by atoms with van der Waals surface area (Å²) in [5, 5.41) is 5.19. The highest BCUT2D eigenvalue weighted by molar-refractivity contribution is 5.96. The summed E-state index contributed by atoms with van der Waals surface area (Å²) in [7, 11) is 0. The van der Waals surface area contributed by atoms with E-state index in [1.807, 2.05) is 6.07 Å². The van der Waals surface area contributed by atoms with Crippen LogP contribution in [0.25, 0.3) is 0 Å². The molecular weight excluding hydrogens is 311 g/mol. The molecule has 0 unspecified atom stereocenters. The molecular formula is C18H19FN2O3. The van der Waals surface area contributed by atoms with Gasteiger partial charge in [-0.05, 0) is 31.2 Å². The van der Waals surface area contributed by atoms with E-state index < -0.39 is 0 Å². The molecule has 0 radical (unpaired) electrons. The number of hydrogen-bond acceptors (Lipinski definition) is 3. The van der Waals surface area contributed by atoms with Gasteiger partial charge in [-0.2, -0.15) is 0 Å². The Hall–Kier alpha value is -2.89. The lowest BCUT2D eigenvalue weighted by molar-refractivity contribution is -0.120. The second-order valence-electron chi connectivity index (χ2n) is 5.24. The Bertz CT molecular complexity index is 692. The Labute approximate surface area is 139 Å². The Kier molecular flexibility index (Phi) is 6.31. The number of amides is 2. The first-order valence-electron chi connectivity index (χ1n) is 7.57. The molecule has 0 aliphatic rings. The van der Waals surface area contributed by atoms with Crippen LogP contribution in [0.4, 0.5) is 4.39 Å². The molecule has 1 atom stereocenters. The molecule has 0 aliphatic carbocycles. The van der Waals surface area contributed by atoms with Gasteiger partial charge in [0.25, 0.3) is 5.91 Å². The van der Waals surface area contributed by atoms with E-state index in [1.54, 1.807) is 43.3 Å². The highest BCUT2D eigenvalue weighted by Crippen LogP contribution is 2.13. The van der Waals surface area contributed by atoms with Crippen LogP contribution >= 0.6 is 0 Å². The van der Waals surface area contributed by atoms with E-state index in [0.717, 1.165) is 0 Å².